The van der Waals surface area contributed by atoms with E-state index in [1.54, 1.807) is 30.3 Å². The molecule has 0 N–H and O–H groups in total. The zero-order chi connectivity index (χ0) is 14.1. The van der Waals surface area contributed by atoms with Crippen molar-refractivity contribution >= 4 is 5.97 Å². The predicted molar refractivity (Wildman–Crippen MR) is 65.9 cm³/mol. The predicted octanol–water partition coefficient (Wildman–Crippen LogP) is 4.36. The van der Waals surface area contributed by atoms with Crippen molar-refractivity contribution < 1.29 is 22.7 Å². The van der Waals surface area contributed by atoms with E-state index in [9.17, 15) is 18.0 Å². The van der Waals surface area contributed by atoms with Gasteiger partial charge in [-0.15, -0.1) is 0 Å². The highest BCUT2D eigenvalue weighted by atomic mass is 19.4. The molecule has 0 bridgehead atoms. The monoisotopic (exact) mass is 274 g/mol. The van der Waals surface area contributed by atoms with Gasteiger partial charge in [0.05, 0.1) is 12.2 Å². The van der Waals surface area contributed by atoms with Crippen LogP contribution in [0.1, 0.15) is 42.5 Å². The molecule has 0 saturated heterocycles. The Kier molecular flexibility index (Phi) is 6.39. The van der Waals surface area contributed by atoms with Crippen LogP contribution in [-0.2, 0) is 4.74 Å². The van der Waals surface area contributed by atoms with Gasteiger partial charge in [-0.2, -0.15) is 13.2 Å². The van der Waals surface area contributed by atoms with Crippen LogP contribution in [0.15, 0.2) is 30.3 Å². The van der Waals surface area contributed by atoms with E-state index in [2.05, 4.69) is 0 Å². The first-order chi connectivity index (χ1) is 8.99. The molecule has 1 rings (SSSR count). The average molecular weight is 274 g/mol. The molecular formula is C14H17F3O2. The number of hydrogen-bond donors (Lipinski definition) is 0. The Morgan fingerprint density at radius 1 is 1.00 bits per heavy atom. The second-order valence-corrected chi connectivity index (χ2v) is 4.28. The van der Waals surface area contributed by atoms with E-state index in [0.717, 1.165) is 0 Å². The van der Waals surface area contributed by atoms with Crippen LogP contribution in [0.25, 0.3) is 0 Å². The van der Waals surface area contributed by atoms with Crippen molar-refractivity contribution in [1.29, 1.82) is 0 Å². The highest BCUT2D eigenvalue weighted by Crippen LogP contribution is 2.22. The molecule has 0 aliphatic heterocycles. The molecule has 0 heterocycles. The summed E-state index contributed by atoms with van der Waals surface area (Å²) in [6, 6.07) is 8.61. The molecule has 0 saturated carbocycles. The first-order valence-electron chi connectivity index (χ1n) is 6.28. The van der Waals surface area contributed by atoms with Crippen LogP contribution in [0.3, 0.4) is 0 Å². The van der Waals surface area contributed by atoms with Gasteiger partial charge in [0, 0.05) is 6.42 Å². The summed E-state index contributed by atoms with van der Waals surface area (Å²) in [5, 5.41) is 0. The molecule has 0 aromatic heterocycles. The highest BCUT2D eigenvalue weighted by Gasteiger charge is 2.25. The van der Waals surface area contributed by atoms with Gasteiger partial charge >= 0.3 is 12.1 Å². The molecule has 0 spiro atoms. The minimum absolute atomic E-state index is 0.135. The van der Waals surface area contributed by atoms with Gasteiger partial charge in [-0.1, -0.05) is 31.0 Å². The van der Waals surface area contributed by atoms with E-state index in [-0.39, 0.29) is 13.0 Å². The molecule has 0 radical (unpaired) electrons. The zero-order valence-corrected chi connectivity index (χ0v) is 10.6. The van der Waals surface area contributed by atoms with E-state index in [1.165, 1.54) is 0 Å². The summed E-state index contributed by atoms with van der Waals surface area (Å²) in [6.45, 7) is 0.250. The molecule has 19 heavy (non-hydrogen) atoms. The maximum Gasteiger partial charge on any atom is 0.389 e. The normalized spacial score (nSPS) is 11.3. The number of carbonyl (C=O) groups is 1. The number of alkyl halides is 3. The maximum absolute atomic E-state index is 11.9. The molecule has 2 nitrogen and oxygen atoms in total. The van der Waals surface area contributed by atoms with E-state index in [0.29, 0.717) is 24.8 Å². The van der Waals surface area contributed by atoms with Crippen LogP contribution >= 0.6 is 0 Å². The fraction of sp³-hybridized carbons (Fsp3) is 0.500. The Morgan fingerprint density at radius 2 is 1.63 bits per heavy atom. The Labute approximate surface area is 110 Å². The van der Waals surface area contributed by atoms with Crippen LogP contribution in [0.2, 0.25) is 0 Å². The van der Waals surface area contributed by atoms with Crippen molar-refractivity contribution in [3.63, 3.8) is 0 Å². The van der Waals surface area contributed by atoms with E-state index in [1.807, 2.05) is 0 Å². The molecule has 0 amide bonds. The quantitative estimate of drug-likeness (QED) is 0.545. The van der Waals surface area contributed by atoms with Crippen LogP contribution in [0.4, 0.5) is 13.2 Å². The summed E-state index contributed by atoms with van der Waals surface area (Å²) in [5.41, 5.74) is 0.486. The number of benzene rings is 1. The van der Waals surface area contributed by atoms with E-state index in [4.69, 9.17) is 4.74 Å². The molecule has 1 aromatic rings. The summed E-state index contributed by atoms with van der Waals surface area (Å²) in [7, 11) is 0. The molecule has 106 valence electrons. The van der Waals surface area contributed by atoms with Gasteiger partial charge in [-0.25, -0.2) is 4.79 Å². The number of hydrogen-bond acceptors (Lipinski definition) is 2. The van der Waals surface area contributed by atoms with Gasteiger partial charge < -0.3 is 4.74 Å². The van der Waals surface area contributed by atoms with Gasteiger partial charge in [0.25, 0.3) is 0 Å². The molecule has 0 aliphatic rings. The van der Waals surface area contributed by atoms with Crippen molar-refractivity contribution in [2.45, 2.75) is 38.3 Å². The third-order valence-electron chi connectivity index (χ3n) is 2.60. The topological polar surface area (TPSA) is 26.3 Å². The van der Waals surface area contributed by atoms with Crippen molar-refractivity contribution in [1.82, 2.24) is 0 Å². The summed E-state index contributed by atoms with van der Waals surface area (Å²) in [5.74, 6) is -0.393. The SMILES string of the molecule is O=C(OCCCCCCC(F)(F)F)c1ccccc1. The minimum atomic E-state index is -4.07. The van der Waals surface area contributed by atoms with Gasteiger partial charge in [-0.05, 0) is 25.0 Å². The lowest BCUT2D eigenvalue weighted by Crippen LogP contribution is -2.07. The first kappa shape index (κ1) is 15.5. The van der Waals surface area contributed by atoms with Crippen LogP contribution in [0, 0.1) is 0 Å². The number of unbranched alkanes of at least 4 members (excludes halogenated alkanes) is 3. The Morgan fingerprint density at radius 3 is 2.26 bits per heavy atom. The number of halogens is 3. The molecular weight excluding hydrogens is 257 g/mol. The third-order valence-corrected chi connectivity index (χ3v) is 2.60. The number of rotatable bonds is 7. The maximum atomic E-state index is 11.9. The fourth-order valence-electron chi connectivity index (χ4n) is 1.60. The molecule has 0 aliphatic carbocycles. The zero-order valence-electron chi connectivity index (χ0n) is 10.6. The summed E-state index contributed by atoms with van der Waals surface area (Å²) in [4.78, 5) is 11.5. The largest absolute Gasteiger partial charge is 0.462 e. The molecule has 0 fully saturated rings. The van der Waals surface area contributed by atoms with Gasteiger partial charge in [-0.3, -0.25) is 0 Å². The van der Waals surface area contributed by atoms with Gasteiger partial charge in [0.2, 0.25) is 0 Å². The Bertz CT molecular complexity index is 374. The summed E-state index contributed by atoms with van der Waals surface area (Å²) in [6.07, 6.45) is -2.94. The Hall–Kier alpha value is -1.52. The van der Waals surface area contributed by atoms with Gasteiger partial charge in [0.1, 0.15) is 0 Å². The standard InChI is InChI=1S/C14H17F3O2/c15-14(16,17)10-6-1-2-7-11-19-13(18)12-8-4-3-5-9-12/h3-5,8-9H,1-2,6-7,10-11H2. The average Bonchev–Trinajstić information content (AvgIpc) is 2.37. The highest BCUT2D eigenvalue weighted by molar-refractivity contribution is 5.89. The molecule has 5 heteroatoms. The number of carbonyl (C=O) groups excluding carboxylic acids is 1. The first-order valence-corrected chi connectivity index (χ1v) is 6.28. The molecule has 1 aromatic carbocycles. The third kappa shape index (κ3) is 7.49. The molecule has 0 unspecified atom stereocenters. The lowest BCUT2D eigenvalue weighted by Gasteiger charge is -2.06. The summed E-state index contributed by atoms with van der Waals surface area (Å²) >= 11 is 0. The lowest BCUT2D eigenvalue weighted by atomic mass is 10.1. The van der Waals surface area contributed by atoms with E-state index < -0.39 is 18.6 Å². The lowest BCUT2D eigenvalue weighted by molar-refractivity contribution is -0.135. The van der Waals surface area contributed by atoms with Crippen molar-refractivity contribution in [3.05, 3.63) is 35.9 Å². The number of esters is 1. The molecule has 0 atom stereocenters. The summed E-state index contributed by atoms with van der Waals surface area (Å²) < 4.78 is 40.6. The van der Waals surface area contributed by atoms with E-state index >= 15 is 0 Å². The number of ether oxygens (including phenoxy) is 1. The van der Waals surface area contributed by atoms with Crippen LogP contribution < -0.4 is 0 Å². The second kappa shape index (κ2) is 7.81. The van der Waals surface area contributed by atoms with Crippen molar-refractivity contribution in [2.24, 2.45) is 0 Å². The van der Waals surface area contributed by atoms with Crippen LogP contribution in [0.5, 0.6) is 0 Å². The second-order valence-electron chi connectivity index (χ2n) is 4.28. The van der Waals surface area contributed by atoms with Crippen molar-refractivity contribution in [3.8, 4) is 0 Å². The smallest absolute Gasteiger partial charge is 0.389 e. The fourth-order valence-corrected chi connectivity index (χ4v) is 1.60. The van der Waals surface area contributed by atoms with Gasteiger partial charge in [0.15, 0.2) is 0 Å². The van der Waals surface area contributed by atoms with Crippen molar-refractivity contribution in [2.75, 3.05) is 6.61 Å². The van der Waals surface area contributed by atoms with Crippen LogP contribution in [-0.4, -0.2) is 18.8 Å². The minimum Gasteiger partial charge on any atom is -0.462 e. The Balaban J connectivity index is 2.04.